The topological polar surface area (TPSA) is 40.6 Å². The molecule has 0 aliphatic carbocycles. The Morgan fingerprint density at radius 2 is 1.79 bits per heavy atom. The van der Waals surface area contributed by atoms with E-state index in [-0.39, 0.29) is 11.8 Å². The van der Waals surface area contributed by atoms with E-state index in [1.54, 1.807) is 23.9 Å². The molecule has 4 heteroatoms. The van der Waals surface area contributed by atoms with Crippen LogP contribution >= 0.6 is 0 Å². The van der Waals surface area contributed by atoms with Crippen LogP contribution in [0.15, 0.2) is 48.5 Å². The number of nitrogens with zero attached hydrogens (tertiary/aromatic N) is 2. The zero-order valence-corrected chi connectivity index (χ0v) is 14.5. The molecule has 0 radical (unpaired) electrons. The van der Waals surface area contributed by atoms with Crippen molar-refractivity contribution in [2.45, 2.75) is 25.7 Å². The summed E-state index contributed by atoms with van der Waals surface area (Å²) in [5, 5.41) is 0. The van der Waals surface area contributed by atoms with Crippen LogP contribution in [0.4, 0.5) is 11.4 Å². The number of likely N-dealkylation sites (N-methyl/N-ethyl adjacent to an activating group) is 2. The first kappa shape index (κ1) is 16.2. The molecule has 0 fully saturated rings. The van der Waals surface area contributed by atoms with Crippen molar-refractivity contribution < 1.29 is 9.59 Å². The van der Waals surface area contributed by atoms with Crippen LogP contribution in [-0.2, 0) is 21.4 Å². The van der Waals surface area contributed by atoms with Crippen molar-refractivity contribution in [3.63, 3.8) is 0 Å². The fraction of sp³-hybridized carbons (Fsp3) is 0.300. The molecule has 1 aliphatic rings. The number of hydrogen-bond donors (Lipinski definition) is 0. The molecule has 2 amide bonds. The molecule has 0 bridgehead atoms. The molecule has 1 aliphatic heterocycles. The average molecular weight is 322 g/mol. The van der Waals surface area contributed by atoms with Gasteiger partial charge in [-0.2, -0.15) is 0 Å². The zero-order valence-electron chi connectivity index (χ0n) is 14.5. The predicted octanol–water partition coefficient (Wildman–Crippen LogP) is 3.15. The van der Waals surface area contributed by atoms with Gasteiger partial charge < -0.3 is 9.80 Å². The minimum atomic E-state index is -0.547. The number of anilines is 2. The van der Waals surface area contributed by atoms with E-state index >= 15 is 0 Å². The highest BCUT2D eigenvalue weighted by molar-refractivity contribution is 6.07. The lowest BCUT2D eigenvalue weighted by atomic mass is 9.85. The number of fused-ring (bicyclic) bond motifs is 1. The van der Waals surface area contributed by atoms with Gasteiger partial charge in [0.2, 0.25) is 11.8 Å². The summed E-state index contributed by atoms with van der Waals surface area (Å²) in [6.07, 6.45) is 0.312. The van der Waals surface area contributed by atoms with E-state index < -0.39 is 5.41 Å². The maximum atomic E-state index is 12.6. The van der Waals surface area contributed by atoms with Gasteiger partial charge in [0.05, 0.1) is 11.8 Å². The van der Waals surface area contributed by atoms with E-state index in [1.165, 1.54) is 0 Å². The Kier molecular flexibility index (Phi) is 3.91. The molecule has 124 valence electrons. The quantitative estimate of drug-likeness (QED) is 0.871. The van der Waals surface area contributed by atoms with E-state index in [2.05, 4.69) is 0 Å². The first-order valence-electron chi connectivity index (χ1n) is 8.05. The predicted molar refractivity (Wildman–Crippen MR) is 96.4 cm³/mol. The molecule has 0 saturated heterocycles. The maximum absolute atomic E-state index is 12.6. The van der Waals surface area contributed by atoms with E-state index in [0.717, 1.165) is 22.5 Å². The monoisotopic (exact) mass is 322 g/mol. The van der Waals surface area contributed by atoms with Crippen LogP contribution in [0.25, 0.3) is 0 Å². The summed E-state index contributed by atoms with van der Waals surface area (Å²) in [7, 11) is 3.58. The Hall–Kier alpha value is -2.62. The van der Waals surface area contributed by atoms with Crippen molar-refractivity contribution in [3.8, 4) is 0 Å². The molecule has 0 saturated carbocycles. The summed E-state index contributed by atoms with van der Waals surface area (Å²) in [6, 6.07) is 15.4. The van der Waals surface area contributed by atoms with E-state index in [4.69, 9.17) is 0 Å². The molecule has 2 aromatic rings. The number of hydrogen-bond acceptors (Lipinski definition) is 2. The Morgan fingerprint density at radius 3 is 2.46 bits per heavy atom. The van der Waals surface area contributed by atoms with Crippen molar-refractivity contribution in [3.05, 3.63) is 59.7 Å². The number of carbonyl (C=O) groups excluding carboxylic acids is 2. The molecule has 0 unspecified atom stereocenters. The van der Waals surface area contributed by atoms with Gasteiger partial charge in [-0.15, -0.1) is 0 Å². The number of para-hydroxylation sites is 1. The van der Waals surface area contributed by atoms with Crippen LogP contribution in [0.1, 0.15) is 25.0 Å². The molecule has 4 nitrogen and oxygen atoms in total. The summed E-state index contributed by atoms with van der Waals surface area (Å²) in [6.45, 7) is 3.86. The molecular formula is C20H22N2O2. The first-order chi connectivity index (χ1) is 11.3. The van der Waals surface area contributed by atoms with Gasteiger partial charge in [-0.05, 0) is 43.2 Å². The van der Waals surface area contributed by atoms with Gasteiger partial charge in [-0.25, -0.2) is 0 Å². The smallest absolute Gasteiger partial charge is 0.236 e. The van der Waals surface area contributed by atoms with Gasteiger partial charge in [0.1, 0.15) is 0 Å². The molecule has 3 rings (SSSR count). The van der Waals surface area contributed by atoms with Gasteiger partial charge in [-0.3, -0.25) is 9.59 Å². The van der Waals surface area contributed by atoms with Gasteiger partial charge in [0.25, 0.3) is 0 Å². The molecule has 24 heavy (non-hydrogen) atoms. The lowest BCUT2D eigenvalue weighted by Gasteiger charge is -2.19. The van der Waals surface area contributed by atoms with Crippen LogP contribution in [-0.4, -0.2) is 25.9 Å². The molecule has 0 atom stereocenters. The summed E-state index contributed by atoms with van der Waals surface area (Å²) >= 11 is 0. The highest BCUT2D eigenvalue weighted by atomic mass is 16.2. The first-order valence-corrected chi connectivity index (χ1v) is 8.05. The van der Waals surface area contributed by atoms with E-state index in [1.807, 2.05) is 62.4 Å². The number of amides is 2. The van der Waals surface area contributed by atoms with Crippen molar-refractivity contribution in [2.75, 3.05) is 23.9 Å². The lowest BCUT2D eigenvalue weighted by molar-refractivity contribution is -0.121. The van der Waals surface area contributed by atoms with Crippen LogP contribution in [0.5, 0.6) is 0 Å². The lowest BCUT2D eigenvalue weighted by Crippen LogP contribution is -2.33. The standard InChI is InChI=1S/C20H22N2O2/c1-20(2)16-12-14(10-11-17(16)22(4)19(20)24)13-18(23)21(3)15-8-6-5-7-9-15/h5-12H,13H2,1-4H3. The summed E-state index contributed by atoms with van der Waals surface area (Å²) in [4.78, 5) is 28.3. The maximum Gasteiger partial charge on any atom is 0.236 e. The molecule has 0 N–H and O–H groups in total. The summed E-state index contributed by atoms with van der Waals surface area (Å²) < 4.78 is 0. The second-order valence-corrected chi connectivity index (χ2v) is 6.81. The third-order valence-corrected chi connectivity index (χ3v) is 4.81. The summed E-state index contributed by atoms with van der Waals surface area (Å²) in [5.74, 6) is 0.110. The zero-order chi connectivity index (χ0) is 17.5. The van der Waals surface area contributed by atoms with E-state index in [9.17, 15) is 9.59 Å². The van der Waals surface area contributed by atoms with Crippen molar-refractivity contribution >= 4 is 23.2 Å². The van der Waals surface area contributed by atoms with Gasteiger partial charge in [-0.1, -0.05) is 30.3 Å². The molecule has 0 spiro atoms. The Morgan fingerprint density at radius 1 is 1.12 bits per heavy atom. The van der Waals surface area contributed by atoms with Crippen LogP contribution < -0.4 is 9.80 Å². The van der Waals surface area contributed by atoms with Gasteiger partial charge >= 0.3 is 0 Å². The van der Waals surface area contributed by atoms with Crippen molar-refractivity contribution in [1.82, 2.24) is 0 Å². The molecule has 2 aromatic carbocycles. The van der Waals surface area contributed by atoms with Gasteiger partial charge in [0.15, 0.2) is 0 Å². The van der Waals surface area contributed by atoms with Crippen LogP contribution in [0.3, 0.4) is 0 Å². The van der Waals surface area contributed by atoms with E-state index in [0.29, 0.717) is 6.42 Å². The second kappa shape index (κ2) is 5.78. The minimum Gasteiger partial charge on any atom is -0.315 e. The average Bonchev–Trinajstić information content (AvgIpc) is 2.76. The molecular weight excluding hydrogens is 300 g/mol. The van der Waals surface area contributed by atoms with Crippen molar-refractivity contribution in [2.24, 2.45) is 0 Å². The highest BCUT2D eigenvalue weighted by Crippen LogP contribution is 2.41. The summed E-state index contributed by atoms with van der Waals surface area (Å²) in [5.41, 5.74) is 3.17. The third kappa shape index (κ3) is 2.58. The fourth-order valence-electron chi connectivity index (χ4n) is 3.22. The highest BCUT2D eigenvalue weighted by Gasteiger charge is 2.42. The number of benzene rings is 2. The second-order valence-electron chi connectivity index (χ2n) is 6.81. The normalized spacial score (nSPS) is 15.3. The Bertz CT molecular complexity index is 797. The van der Waals surface area contributed by atoms with Crippen LogP contribution in [0, 0.1) is 0 Å². The largest absolute Gasteiger partial charge is 0.315 e. The number of carbonyl (C=O) groups is 2. The minimum absolute atomic E-state index is 0.0247. The van der Waals surface area contributed by atoms with Crippen LogP contribution in [0.2, 0.25) is 0 Å². The number of rotatable bonds is 3. The fourth-order valence-corrected chi connectivity index (χ4v) is 3.22. The molecule has 1 heterocycles. The Labute approximate surface area is 142 Å². The third-order valence-electron chi connectivity index (χ3n) is 4.81. The van der Waals surface area contributed by atoms with Gasteiger partial charge in [0, 0.05) is 25.5 Å². The molecule has 0 aromatic heterocycles. The Balaban J connectivity index is 1.84. The van der Waals surface area contributed by atoms with Crippen molar-refractivity contribution in [1.29, 1.82) is 0 Å². The SMILES string of the molecule is CN(C(=O)Cc1ccc2c(c1)C(C)(C)C(=O)N2C)c1ccccc1.